The number of carbonyl (C=O) groups is 4. The fraction of sp³-hybridized carbons (Fsp3) is 0.429. The molecule has 0 radical (unpaired) electrons. The second kappa shape index (κ2) is 13.7. The molecule has 0 aliphatic rings. The summed E-state index contributed by atoms with van der Waals surface area (Å²) in [5, 5.41) is 27.9. The van der Waals surface area contributed by atoms with Gasteiger partial charge in [0, 0.05) is 11.1 Å². The van der Waals surface area contributed by atoms with Crippen molar-refractivity contribution in [2.45, 2.75) is 58.6 Å². The van der Waals surface area contributed by atoms with E-state index in [1.165, 1.54) is 12.1 Å². The number of nitrogens with zero attached hydrogens (tertiary/aromatic N) is 3. The number of aliphatic hydroxyl groups is 1. The van der Waals surface area contributed by atoms with Gasteiger partial charge in [0.05, 0.1) is 25.5 Å². The number of aromatic nitrogens is 3. The predicted molar refractivity (Wildman–Crippen MR) is 147 cm³/mol. The zero-order valence-electron chi connectivity index (χ0n) is 24.4. The van der Waals surface area contributed by atoms with Crippen molar-refractivity contribution in [1.29, 1.82) is 0 Å². The van der Waals surface area contributed by atoms with Gasteiger partial charge in [-0.25, -0.2) is 14.6 Å². The maximum absolute atomic E-state index is 13.2. The number of carboxylic acid groups (broad SMARTS) is 1. The molecule has 16 heteroatoms. The van der Waals surface area contributed by atoms with Gasteiger partial charge in [-0.3, -0.25) is 14.3 Å². The van der Waals surface area contributed by atoms with E-state index >= 15 is 0 Å². The number of hydrogen-bond acceptors (Lipinski definition) is 9. The number of aliphatic hydroxyl groups excluding tert-OH is 1. The Kier molecular flexibility index (Phi) is 10.5. The van der Waals surface area contributed by atoms with Gasteiger partial charge < -0.3 is 30.0 Å². The number of oxazole rings is 1. The maximum Gasteiger partial charge on any atom is 0.416 e. The van der Waals surface area contributed by atoms with Crippen LogP contribution in [-0.4, -0.2) is 80.2 Å². The average molecular weight is 624 g/mol. The molecule has 3 atom stereocenters. The highest BCUT2D eigenvalue weighted by Gasteiger charge is 2.39. The number of amides is 2. The molecule has 3 rings (SSSR count). The summed E-state index contributed by atoms with van der Waals surface area (Å²) in [6, 6.07) is 5.05. The zero-order chi connectivity index (χ0) is 32.9. The lowest BCUT2D eigenvalue weighted by molar-refractivity contribution is -0.208. The molecule has 0 saturated carbocycles. The fourth-order valence-corrected chi connectivity index (χ4v) is 4.04. The number of carbonyl (C=O) groups excluding carboxylic acids is 3. The van der Waals surface area contributed by atoms with Crippen LogP contribution in [0, 0.1) is 11.8 Å². The third-order valence-electron chi connectivity index (χ3n) is 6.50. The lowest BCUT2D eigenvalue weighted by Crippen LogP contribution is -2.46. The second-order valence-electron chi connectivity index (χ2n) is 10.5. The molecule has 1 aromatic carbocycles. The third kappa shape index (κ3) is 8.00. The average Bonchev–Trinajstić information content (AvgIpc) is 3.61. The monoisotopic (exact) mass is 623 g/mol. The molecule has 0 saturated heterocycles. The van der Waals surface area contributed by atoms with Gasteiger partial charge in [-0.2, -0.15) is 18.3 Å². The SMILES string of the molecule is COC(=O)[C@@H](NC(=O)c1cc(-c2cccc(-c3ncc(C(=O)N[C@H](C(=O)O)C(C)C)o3)c2)nn1CC(O)C(F)(F)F)C(C)C. The summed E-state index contributed by atoms with van der Waals surface area (Å²) < 4.78 is 50.5. The summed E-state index contributed by atoms with van der Waals surface area (Å²) >= 11 is 0. The lowest BCUT2D eigenvalue weighted by Gasteiger charge is -2.20. The van der Waals surface area contributed by atoms with Gasteiger partial charge in [-0.15, -0.1) is 0 Å². The van der Waals surface area contributed by atoms with Gasteiger partial charge in [0.15, 0.2) is 6.10 Å². The lowest BCUT2D eigenvalue weighted by atomic mass is 10.0. The van der Waals surface area contributed by atoms with Gasteiger partial charge in [0.1, 0.15) is 17.8 Å². The van der Waals surface area contributed by atoms with Crippen LogP contribution in [0.2, 0.25) is 0 Å². The number of nitrogens with one attached hydrogen (secondary N) is 2. The molecule has 0 bridgehead atoms. The van der Waals surface area contributed by atoms with Gasteiger partial charge in [0.25, 0.3) is 11.8 Å². The van der Waals surface area contributed by atoms with E-state index in [0.717, 1.165) is 13.3 Å². The van der Waals surface area contributed by atoms with Crippen LogP contribution in [0.15, 0.2) is 40.9 Å². The smallest absolute Gasteiger partial charge is 0.416 e. The highest BCUT2D eigenvalue weighted by molar-refractivity contribution is 5.96. The molecule has 2 amide bonds. The molecule has 0 aliphatic heterocycles. The van der Waals surface area contributed by atoms with Gasteiger partial charge >= 0.3 is 18.1 Å². The molecule has 238 valence electrons. The summed E-state index contributed by atoms with van der Waals surface area (Å²) in [6.45, 7) is 5.41. The Hall–Kier alpha value is -4.73. The first kappa shape index (κ1) is 33.8. The first-order chi connectivity index (χ1) is 20.5. The molecule has 0 fully saturated rings. The van der Waals surface area contributed by atoms with E-state index in [4.69, 9.17) is 9.15 Å². The van der Waals surface area contributed by atoms with Crippen LogP contribution < -0.4 is 10.6 Å². The van der Waals surface area contributed by atoms with E-state index in [-0.39, 0.29) is 23.0 Å². The molecular weight excluding hydrogens is 591 g/mol. The number of methoxy groups -OCH3 is 1. The second-order valence-corrected chi connectivity index (χ2v) is 10.5. The summed E-state index contributed by atoms with van der Waals surface area (Å²) in [4.78, 5) is 53.3. The Morgan fingerprint density at radius 3 is 2.18 bits per heavy atom. The first-order valence-corrected chi connectivity index (χ1v) is 13.3. The van der Waals surface area contributed by atoms with Crippen LogP contribution in [0.1, 0.15) is 48.7 Å². The normalized spacial score (nSPS) is 13.8. The molecule has 4 N–H and O–H groups in total. The third-order valence-corrected chi connectivity index (χ3v) is 6.50. The quantitative estimate of drug-likeness (QED) is 0.219. The van der Waals surface area contributed by atoms with Crippen molar-refractivity contribution >= 4 is 23.8 Å². The molecule has 1 unspecified atom stereocenters. The summed E-state index contributed by atoms with van der Waals surface area (Å²) in [5.74, 6) is -4.83. The van der Waals surface area contributed by atoms with Crippen molar-refractivity contribution < 1.29 is 51.7 Å². The highest BCUT2D eigenvalue weighted by Crippen LogP contribution is 2.28. The summed E-state index contributed by atoms with van der Waals surface area (Å²) in [5.41, 5.74) is 0.300. The molecule has 0 spiro atoms. The minimum Gasteiger partial charge on any atom is -0.480 e. The van der Waals surface area contributed by atoms with E-state index < -0.39 is 66.5 Å². The van der Waals surface area contributed by atoms with Crippen LogP contribution >= 0.6 is 0 Å². The molecule has 13 nitrogen and oxygen atoms in total. The number of carboxylic acids is 1. The minimum absolute atomic E-state index is 0.0313. The maximum atomic E-state index is 13.2. The highest BCUT2D eigenvalue weighted by atomic mass is 19.4. The number of alkyl halides is 3. The van der Waals surface area contributed by atoms with Crippen molar-refractivity contribution in [3.8, 4) is 22.7 Å². The Labute approximate surface area is 249 Å². The van der Waals surface area contributed by atoms with Crippen LogP contribution in [0.4, 0.5) is 13.2 Å². The largest absolute Gasteiger partial charge is 0.480 e. The first-order valence-electron chi connectivity index (χ1n) is 13.3. The number of ether oxygens (including phenoxy) is 1. The minimum atomic E-state index is -5.00. The Balaban J connectivity index is 1.96. The summed E-state index contributed by atoms with van der Waals surface area (Å²) in [7, 11) is 1.13. The fourth-order valence-electron chi connectivity index (χ4n) is 4.04. The topological polar surface area (TPSA) is 186 Å². The number of benzene rings is 1. The van der Waals surface area contributed by atoms with Crippen molar-refractivity contribution in [3.63, 3.8) is 0 Å². The van der Waals surface area contributed by atoms with E-state index in [1.54, 1.807) is 45.9 Å². The number of hydrogen-bond donors (Lipinski definition) is 4. The summed E-state index contributed by atoms with van der Waals surface area (Å²) in [6.07, 6.45) is -6.73. The number of rotatable bonds is 12. The van der Waals surface area contributed by atoms with E-state index in [9.17, 15) is 42.6 Å². The zero-order valence-corrected chi connectivity index (χ0v) is 24.4. The van der Waals surface area contributed by atoms with E-state index in [0.29, 0.717) is 15.8 Å². The number of esters is 1. The van der Waals surface area contributed by atoms with Crippen LogP contribution in [0.5, 0.6) is 0 Å². The molecule has 2 heterocycles. The molecule has 44 heavy (non-hydrogen) atoms. The van der Waals surface area contributed by atoms with Gasteiger partial charge in [-0.1, -0.05) is 39.8 Å². The van der Waals surface area contributed by atoms with Crippen LogP contribution in [0.25, 0.3) is 22.7 Å². The Bertz CT molecular complexity index is 1510. The van der Waals surface area contributed by atoms with Crippen molar-refractivity contribution in [2.24, 2.45) is 11.8 Å². The van der Waals surface area contributed by atoms with Crippen molar-refractivity contribution in [1.82, 2.24) is 25.4 Å². The predicted octanol–water partition coefficient (Wildman–Crippen LogP) is 2.89. The van der Waals surface area contributed by atoms with E-state index in [2.05, 4.69) is 20.7 Å². The number of aliphatic carboxylic acids is 1. The van der Waals surface area contributed by atoms with Crippen molar-refractivity contribution in [2.75, 3.05) is 7.11 Å². The van der Waals surface area contributed by atoms with Gasteiger partial charge in [-0.05, 0) is 30.0 Å². The Morgan fingerprint density at radius 2 is 1.61 bits per heavy atom. The van der Waals surface area contributed by atoms with Gasteiger partial charge in [0.2, 0.25) is 11.7 Å². The molecule has 3 aromatic rings. The molecule has 2 aromatic heterocycles. The number of halogens is 3. The van der Waals surface area contributed by atoms with E-state index in [1.807, 2.05) is 0 Å². The molecule has 0 aliphatic carbocycles. The van der Waals surface area contributed by atoms with Crippen molar-refractivity contribution in [3.05, 3.63) is 48.0 Å². The molecular formula is C28H32F3N5O8. The standard InChI is InChI=1S/C28H32F3N5O8/c1-13(2)21(26(40)41)33-24(39)19-11-32-25(44-19)16-8-6-7-15(9-16)17-10-18(36(35-17)12-20(37)28(29,30)31)23(38)34-22(14(3)4)27(42)43-5/h6-11,13-14,20-22,37H,12H2,1-5H3,(H,33,39)(H,34,38)(H,40,41)/t20?,21-,22-/m0/s1. The van der Waals surface area contributed by atoms with Crippen LogP contribution in [0.3, 0.4) is 0 Å². The Morgan fingerprint density at radius 1 is 1.00 bits per heavy atom. The van der Waals surface area contributed by atoms with Crippen LogP contribution in [-0.2, 0) is 20.9 Å².